The first-order valence-electron chi connectivity index (χ1n) is 19.2. The van der Waals surface area contributed by atoms with E-state index in [1.165, 1.54) is 0 Å². The molecule has 0 N–H and O–H groups in total. The van der Waals surface area contributed by atoms with Crippen molar-refractivity contribution in [1.29, 1.82) is 0 Å². The lowest BCUT2D eigenvalue weighted by molar-refractivity contribution is -0.0867. The molecule has 0 rings (SSSR count). The van der Waals surface area contributed by atoms with Crippen molar-refractivity contribution in [2.75, 3.05) is 131 Å². The van der Waals surface area contributed by atoms with Crippen molar-refractivity contribution in [3.63, 3.8) is 0 Å². The van der Waals surface area contributed by atoms with E-state index in [0.717, 1.165) is 51.2 Å². The summed E-state index contributed by atoms with van der Waals surface area (Å²) in [6.07, 6.45) is 2.23. The standard InChI is InChI=1S/C36H63BBr12O9/c1-4-34(19-50-13-28(44)7-38,20-51-14-29(45)8-39)25-56-37(57-26-35(5-2,21-52-15-30(46)9-40)22-53-16-31(47)10-41)58-27-36(6-3,23-54-17-32(48)11-42)24-55-18-33(49)12-43/h28-33H,4-27H2,1-3H3. The number of alkyl halides is 12. The average molecular weight is 1610 g/mol. The summed E-state index contributed by atoms with van der Waals surface area (Å²) in [6.45, 7) is 13.0. The molecule has 0 aliphatic rings. The van der Waals surface area contributed by atoms with Gasteiger partial charge in [0.15, 0.2) is 0 Å². The minimum atomic E-state index is -1.03. The quantitative estimate of drug-likeness (QED) is 0.0438. The molecule has 0 aromatic heterocycles. The number of rotatable bonds is 42. The summed E-state index contributed by atoms with van der Waals surface area (Å²) in [4.78, 5) is 1.05. The highest BCUT2D eigenvalue weighted by molar-refractivity contribution is 9.13. The molecule has 0 aromatic carbocycles. The van der Waals surface area contributed by atoms with E-state index in [4.69, 9.17) is 42.4 Å². The van der Waals surface area contributed by atoms with Gasteiger partial charge in [0.05, 0.1) is 79.3 Å². The van der Waals surface area contributed by atoms with Crippen LogP contribution in [0.2, 0.25) is 0 Å². The fourth-order valence-corrected chi connectivity index (χ4v) is 7.10. The molecule has 58 heavy (non-hydrogen) atoms. The van der Waals surface area contributed by atoms with Crippen LogP contribution in [0, 0.1) is 16.2 Å². The Morgan fingerprint density at radius 2 is 0.500 bits per heavy atom. The van der Waals surface area contributed by atoms with Gasteiger partial charge in [0.1, 0.15) is 0 Å². The summed E-state index contributed by atoms with van der Waals surface area (Å²) in [7, 11) is -1.03. The molecule has 6 unspecified atom stereocenters. The molecule has 0 heterocycles. The Kier molecular flexibility index (Phi) is 43.0. The summed E-state index contributed by atoms with van der Waals surface area (Å²) in [5.41, 5.74) is -1.44. The average Bonchev–Trinajstić information content (AvgIpc) is 3.24. The van der Waals surface area contributed by atoms with Crippen LogP contribution >= 0.6 is 191 Å². The van der Waals surface area contributed by atoms with E-state index < -0.39 is 23.6 Å². The minimum Gasteiger partial charge on any atom is -0.385 e. The third kappa shape index (κ3) is 30.1. The van der Waals surface area contributed by atoms with Crippen LogP contribution in [-0.2, 0) is 42.4 Å². The fourth-order valence-electron chi connectivity index (χ4n) is 4.86. The van der Waals surface area contributed by atoms with Gasteiger partial charge in [0, 0.05) is 97.0 Å². The zero-order chi connectivity index (χ0) is 43.9. The van der Waals surface area contributed by atoms with Crippen molar-refractivity contribution in [2.45, 2.75) is 69.0 Å². The second-order valence-electron chi connectivity index (χ2n) is 14.4. The van der Waals surface area contributed by atoms with Crippen LogP contribution in [0.15, 0.2) is 0 Å². The molecular weight excluding hydrogens is 1550 g/mol. The van der Waals surface area contributed by atoms with Crippen molar-refractivity contribution in [3.8, 4) is 0 Å². The Bertz CT molecular complexity index is 802. The van der Waals surface area contributed by atoms with Crippen LogP contribution in [0.5, 0.6) is 0 Å². The Balaban J connectivity index is 6.71. The summed E-state index contributed by atoms with van der Waals surface area (Å²) in [6, 6.07) is 0. The van der Waals surface area contributed by atoms with E-state index in [1.807, 2.05) is 0 Å². The lowest BCUT2D eigenvalue weighted by Crippen LogP contribution is -2.46. The van der Waals surface area contributed by atoms with Gasteiger partial charge in [-0.05, 0) is 19.3 Å². The highest BCUT2D eigenvalue weighted by Gasteiger charge is 2.40. The van der Waals surface area contributed by atoms with Gasteiger partial charge in [-0.15, -0.1) is 0 Å². The maximum absolute atomic E-state index is 6.72. The van der Waals surface area contributed by atoms with Crippen molar-refractivity contribution in [1.82, 2.24) is 0 Å². The Morgan fingerprint density at radius 1 is 0.328 bits per heavy atom. The normalized spacial score (nSPS) is 18.5. The molecule has 0 radical (unpaired) electrons. The van der Waals surface area contributed by atoms with E-state index in [9.17, 15) is 0 Å². The van der Waals surface area contributed by atoms with Crippen LogP contribution in [0.3, 0.4) is 0 Å². The molecule has 0 amide bonds. The first-order chi connectivity index (χ1) is 27.7. The Labute approximate surface area is 451 Å². The minimum absolute atomic E-state index is 0.175. The first kappa shape index (κ1) is 63.5. The summed E-state index contributed by atoms with van der Waals surface area (Å²) < 4.78 is 57.8. The molecule has 6 atom stereocenters. The highest BCUT2D eigenvalue weighted by Crippen LogP contribution is 2.30. The van der Waals surface area contributed by atoms with Gasteiger partial charge in [0.2, 0.25) is 0 Å². The molecule has 0 aliphatic heterocycles. The van der Waals surface area contributed by atoms with Crippen LogP contribution in [-0.4, -0.2) is 167 Å². The van der Waals surface area contributed by atoms with Gasteiger partial charge < -0.3 is 42.4 Å². The SMILES string of the molecule is CCC(COCC(Br)CBr)(COCC(Br)CBr)COB(OCC(CC)(COCC(Br)CBr)COCC(Br)CBr)OCC(CC)(COCC(Br)CBr)COCC(Br)CBr. The molecule has 22 heteroatoms. The van der Waals surface area contributed by atoms with Gasteiger partial charge >= 0.3 is 7.32 Å². The number of halogens is 12. The van der Waals surface area contributed by atoms with Crippen LogP contribution in [0.4, 0.5) is 0 Å². The maximum atomic E-state index is 6.72. The molecule has 0 saturated carbocycles. The molecule has 0 aliphatic carbocycles. The van der Waals surface area contributed by atoms with Gasteiger partial charge in [-0.1, -0.05) is 212 Å². The van der Waals surface area contributed by atoms with E-state index in [0.29, 0.717) is 79.3 Å². The molecule has 0 spiro atoms. The van der Waals surface area contributed by atoms with E-state index >= 15 is 0 Å². The number of hydrogen-bond acceptors (Lipinski definition) is 9. The third-order valence-corrected chi connectivity index (χ3v) is 22.5. The molecule has 348 valence electrons. The molecular formula is C36H63BBr12O9. The molecule has 0 fully saturated rings. The van der Waals surface area contributed by atoms with Crippen LogP contribution in [0.25, 0.3) is 0 Å². The van der Waals surface area contributed by atoms with E-state index in [1.54, 1.807) is 0 Å². The van der Waals surface area contributed by atoms with Gasteiger partial charge in [0.25, 0.3) is 0 Å². The summed E-state index contributed by atoms with van der Waals surface area (Å²) >= 11 is 43.3. The third-order valence-electron chi connectivity index (χ3n) is 9.07. The molecule has 9 nitrogen and oxygen atoms in total. The highest BCUT2D eigenvalue weighted by atomic mass is 79.9. The predicted octanol–water partition coefficient (Wildman–Crippen LogP) is 12.3. The van der Waals surface area contributed by atoms with Gasteiger partial charge in [-0.3, -0.25) is 0 Å². The van der Waals surface area contributed by atoms with Gasteiger partial charge in [-0.25, -0.2) is 0 Å². The second-order valence-corrected chi connectivity index (χ2v) is 26.0. The Hall–Kier alpha value is 5.46. The molecule has 0 aromatic rings. The van der Waals surface area contributed by atoms with Crippen molar-refractivity contribution in [2.24, 2.45) is 16.2 Å². The first-order valence-corrected chi connectivity index (χ1v) is 31.4. The van der Waals surface area contributed by atoms with Crippen molar-refractivity contribution in [3.05, 3.63) is 0 Å². The lowest BCUT2D eigenvalue weighted by atomic mass is 9.86. The molecule has 0 bridgehead atoms. The van der Waals surface area contributed by atoms with Gasteiger partial charge in [-0.2, -0.15) is 0 Å². The summed E-state index contributed by atoms with van der Waals surface area (Å²) in [5.74, 6) is 0. The summed E-state index contributed by atoms with van der Waals surface area (Å²) in [5, 5.41) is 4.64. The smallest absolute Gasteiger partial charge is 0.385 e. The predicted molar refractivity (Wildman–Crippen MR) is 286 cm³/mol. The van der Waals surface area contributed by atoms with Crippen molar-refractivity contribution >= 4 is 198 Å². The zero-order valence-corrected chi connectivity index (χ0v) is 52.8. The molecule has 0 saturated heterocycles. The van der Waals surface area contributed by atoms with E-state index in [-0.39, 0.29) is 48.8 Å². The van der Waals surface area contributed by atoms with Crippen molar-refractivity contribution < 1.29 is 42.4 Å². The van der Waals surface area contributed by atoms with Crippen LogP contribution in [0.1, 0.15) is 40.0 Å². The fraction of sp³-hybridized carbons (Fsp3) is 1.00. The second kappa shape index (κ2) is 39.3. The number of hydrogen-bond donors (Lipinski definition) is 0. The topological polar surface area (TPSA) is 83.1 Å². The number of ether oxygens (including phenoxy) is 6. The largest absolute Gasteiger partial charge is 0.639 e. The zero-order valence-electron chi connectivity index (χ0n) is 33.7. The maximum Gasteiger partial charge on any atom is 0.639 e. The van der Waals surface area contributed by atoms with Crippen LogP contribution < -0.4 is 0 Å². The Morgan fingerprint density at radius 3 is 0.638 bits per heavy atom. The monoisotopic (exact) mass is 1600 g/mol. The van der Waals surface area contributed by atoms with E-state index in [2.05, 4.69) is 212 Å². The lowest BCUT2D eigenvalue weighted by Gasteiger charge is -2.37.